The number of aliphatic hydroxyl groups is 1. The molecule has 72 valence electrons. The molecule has 0 radical (unpaired) electrons. The Morgan fingerprint density at radius 2 is 2.29 bits per heavy atom. The molecule has 0 unspecified atom stereocenters. The number of rotatable bonds is 3. The van der Waals surface area contributed by atoms with Gasteiger partial charge in [-0.05, 0) is 0 Å². The molecule has 2 rings (SSSR count). The highest BCUT2D eigenvalue weighted by Crippen LogP contribution is 2.04. The number of imidazole rings is 1. The third-order valence-electron chi connectivity index (χ3n) is 1.85. The molecule has 0 saturated heterocycles. The second-order valence-corrected chi connectivity index (χ2v) is 2.81. The Bertz CT molecular complexity index is 399. The minimum atomic E-state index is 0.0976. The van der Waals surface area contributed by atoms with Crippen molar-refractivity contribution in [2.75, 3.05) is 6.61 Å². The molecular weight excluding hydrogens is 180 g/mol. The average Bonchev–Trinajstić information content (AvgIpc) is 2.71. The predicted octanol–water partition coefficient (Wildman–Crippen LogP) is 0.197. The maximum Gasteiger partial charge on any atom is 0.141 e. The maximum atomic E-state index is 8.76. The molecule has 0 amide bonds. The van der Waals surface area contributed by atoms with E-state index in [1.54, 1.807) is 17.1 Å². The van der Waals surface area contributed by atoms with Gasteiger partial charge in [-0.1, -0.05) is 0 Å². The smallest absolute Gasteiger partial charge is 0.141 e. The monoisotopic (exact) mass is 190 g/mol. The molecule has 0 spiro atoms. The first-order chi connectivity index (χ1) is 6.90. The molecule has 5 heteroatoms. The van der Waals surface area contributed by atoms with Crippen LogP contribution in [-0.2, 0) is 6.42 Å². The summed E-state index contributed by atoms with van der Waals surface area (Å²) in [5.74, 6) is 0.765. The SMILES string of the molecule is OCCc1cc(-n2ccnc2)ncn1. The summed E-state index contributed by atoms with van der Waals surface area (Å²) in [6.45, 7) is 0.0976. The van der Waals surface area contributed by atoms with Crippen molar-refractivity contribution in [1.82, 2.24) is 19.5 Å². The Morgan fingerprint density at radius 1 is 1.36 bits per heavy atom. The fourth-order valence-corrected chi connectivity index (χ4v) is 1.17. The molecule has 0 saturated carbocycles. The van der Waals surface area contributed by atoms with Crippen LogP contribution >= 0.6 is 0 Å². The van der Waals surface area contributed by atoms with Gasteiger partial charge in [0.05, 0.1) is 0 Å². The molecule has 0 bridgehead atoms. The molecule has 2 aromatic heterocycles. The van der Waals surface area contributed by atoms with Crippen LogP contribution in [0.4, 0.5) is 0 Å². The van der Waals surface area contributed by atoms with Crippen LogP contribution in [0.3, 0.4) is 0 Å². The first-order valence-corrected chi connectivity index (χ1v) is 4.30. The van der Waals surface area contributed by atoms with E-state index in [1.165, 1.54) is 6.33 Å². The van der Waals surface area contributed by atoms with E-state index in [9.17, 15) is 0 Å². The lowest BCUT2D eigenvalue weighted by Gasteiger charge is -2.02. The normalized spacial score (nSPS) is 10.4. The third kappa shape index (κ3) is 1.77. The van der Waals surface area contributed by atoms with Crippen molar-refractivity contribution >= 4 is 0 Å². The molecule has 5 nitrogen and oxygen atoms in total. The van der Waals surface area contributed by atoms with Crippen LogP contribution in [0, 0.1) is 0 Å². The van der Waals surface area contributed by atoms with Gasteiger partial charge in [0.15, 0.2) is 0 Å². The molecular formula is C9H10N4O. The summed E-state index contributed by atoms with van der Waals surface area (Å²) in [6, 6.07) is 1.83. The summed E-state index contributed by atoms with van der Waals surface area (Å²) >= 11 is 0. The van der Waals surface area contributed by atoms with Crippen molar-refractivity contribution in [3.8, 4) is 5.82 Å². The summed E-state index contributed by atoms with van der Waals surface area (Å²) in [5, 5.41) is 8.76. The quantitative estimate of drug-likeness (QED) is 0.750. The van der Waals surface area contributed by atoms with Crippen LogP contribution in [-0.4, -0.2) is 31.2 Å². The lowest BCUT2D eigenvalue weighted by molar-refractivity contribution is 0.298. The zero-order chi connectivity index (χ0) is 9.80. The highest BCUT2D eigenvalue weighted by Gasteiger charge is 1.99. The van der Waals surface area contributed by atoms with Gasteiger partial charge in [-0.3, -0.25) is 4.57 Å². The Hall–Kier alpha value is -1.75. The fraction of sp³-hybridized carbons (Fsp3) is 0.222. The number of aromatic nitrogens is 4. The van der Waals surface area contributed by atoms with Crippen LogP contribution in [0.15, 0.2) is 31.1 Å². The summed E-state index contributed by atoms with van der Waals surface area (Å²) in [6.07, 6.45) is 7.20. The average molecular weight is 190 g/mol. The van der Waals surface area contributed by atoms with E-state index in [1.807, 2.05) is 12.3 Å². The molecule has 0 aromatic carbocycles. The highest BCUT2D eigenvalue weighted by atomic mass is 16.3. The summed E-state index contributed by atoms with van der Waals surface area (Å²) < 4.78 is 1.79. The zero-order valence-corrected chi connectivity index (χ0v) is 7.54. The molecule has 0 aliphatic carbocycles. The molecule has 2 heterocycles. The first kappa shape index (κ1) is 8.83. The van der Waals surface area contributed by atoms with Gasteiger partial charge in [0.25, 0.3) is 0 Å². The van der Waals surface area contributed by atoms with Crippen molar-refractivity contribution in [2.45, 2.75) is 6.42 Å². The first-order valence-electron chi connectivity index (χ1n) is 4.30. The number of hydrogen-bond acceptors (Lipinski definition) is 4. The minimum Gasteiger partial charge on any atom is -0.396 e. The number of nitrogens with zero attached hydrogens (tertiary/aromatic N) is 4. The standard InChI is InChI=1S/C9H10N4O/c14-4-1-8-5-9(12-6-11-8)13-3-2-10-7-13/h2-3,5-7,14H,1,4H2. The van der Waals surface area contributed by atoms with E-state index >= 15 is 0 Å². The fourth-order valence-electron chi connectivity index (χ4n) is 1.17. The van der Waals surface area contributed by atoms with E-state index < -0.39 is 0 Å². The molecule has 0 aliphatic rings. The van der Waals surface area contributed by atoms with Crippen molar-refractivity contribution in [3.05, 3.63) is 36.8 Å². The van der Waals surface area contributed by atoms with Gasteiger partial charge in [-0.25, -0.2) is 15.0 Å². The largest absolute Gasteiger partial charge is 0.396 e. The molecule has 0 fully saturated rings. The van der Waals surface area contributed by atoms with E-state index in [4.69, 9.17) is 5.11 Å². The minimum absolute atomic E-state index is 0.0976. The van der Waals surface area contributed by atoms with Crippen LogP contribution in [0.2, 0.25) is 0 Å². The van der Waals surface area contributed by atoms with Crippen LogP contribution in [0.1, 0.15) is 5.69 Å². The van der Waals surface area contributed by atoms with Gasteiger partial charge in [-0.2, -0.15) is 0 Å². The highest BCUT2D eigenvalue weighted by molar-refractivity contribution is 5.23. The lowest BCUT2D eigenvalue weighted by atomic mass is 10.3. The van der Waals surface area contributed by atoms with Gasteiger partial charge >= 0.3 is 0 Å². The molecule has 0 atom stereocenters. The Balaban J connectivity index is 2.31. The van der Waals surface area contributed by atoms with Crippen LogP contribution < -0.4 is 0 Å². The Kier molecular flexibility index (Phi) is 2.51. The van der Waals surface area contributed by atoms with E-state index in [0.29, 0.717) is 6.42 Å². The summed E-state index contributed by atoms with van der Waals surface area (Å²) in [5.41, 5.74) is 0.825. The summed E-state index contributed by atoms with van der Waals surface area (Å²) in [4.78, 5) is 12.1. The van der Waals surface area contributed by atoms with Crippen LogP contribution in [0.25, 0.3) is 5.82 Å². The van der Waals surface area contributed by atoms with Gasteiger partial charge in [-0.15, -0.1) is 0 Å². The van der Waals surface area contributed by atoms with Crippen molar-refractivity contribution in [2.24, 2.45) is 0 Å². The lowest BCUT2D eigenvalue weighted by Crippen LogP contribution is -2.00. The van der Waals surface area contributed by atoms with Crippen LogP contribution in [0.5, 0.6) is 0 Å². The van der Waals surface area contributed by atoms with Crippen molar-refractivity contribution in [1.29, 1.82) is 0 Å². The third-order valence-corrected chi connectivity index (χ3v) is 1.85. The van der Waals surface area contributed by atoms with E-state index in [-0.39, 0.29) is 6.61 Å². The second kappa shape index (κ2) is 3.97. The van der Waals surface area contributed by atoms with E-state index in [0.717, 1.165) is 11.5 Å². The number of aliphatic hydroxyl groups excluding tert-OH is 1. The molecule has 14 heavy (non-hydrogen) atoms. The Labute approximate surface area is 81.1 Å². The van der Waals surface area contributed by atoms with Crippen molar-refractivity contribution < 1.29 is 5.11 Å². The predicted molar refractivity (Wildman–Crippen MR) is 49.9 cm³/mol. The van der Waals surface area contributed by atoms with E-state index in [2.05, 4.69) is 15.0 Å². The molecule has 2 aromatic rings. The Morgan fingerprint density at radius 3 is 3.00 bits per heavy atom. The topological polar surface area (TPSA) is 63.8 Å². The molecule has 0 aliphatic heterocycles. The number of hydrogen-bond donors (Lipinski definition) is 1. The second-order valence-electron chi connectivity index (χ2n) is 2.81. The van der Waals surface area contributed by atoms with Gasteiger partial charge < -0.3 is 5.11 Å². The van der Waals surface area contributed by atoms with Gasteiger partial charge in [0, 0.05) is 37.2 Å². The summed E-state index contributed by atoms with van der Waals surface area (Å²) in [7, 11) is 0. The van der Waals surface area contributed by atoms with Gasteiger partial charge in [0.2, 0.25) is 0 Å². The van der Waals surface area contributed by atoms with Gasteiger partial charge in [0.1, 0.15) is 18.5 Å². The van der Waals surface area contributed by atoms with Crippen molar-refractivity contribution in [3.63, 3.8) is 0 Å². The molecule has 1 N–H and O–H groups in total. The zero-order valence-electron chi connectivity index (χ0n) is 7.54. The maximum absolute atomic E-state index is 8.76.